The monoisotopic (exact) mass is 187 g/mol. The summed E-state index contributed by atoms with van der Waals surface area (Å²) < 4.78 is 1.88. The standard InChI is InChI=1S/C11H13N3/c1-8(2)9(3)14-11-7-5-4-6-10(11)12-13-14/h4-7H,1-3H3. The third kappa shape index (κ3) is 1.31. The molecule has 3 heteroatoms. The lowest BCUT2D eigenvalue weighted by molar-refractivity contribution is 0.829. The van der Waals surface area contributed by atoms with Crippen LogP contribution in [0.15, 0.2) is 29.8 Å². The summed E-state index contributed by atoms with van der Waals surface area (Å²) in [5.74, 6) is 0. The summed E-state index contributed by atoms with van der Waals surface area (Å²) in [6.07, 6.45) is 0. The fraction of sp³-hybridized carbons (Fsp3) is 0.273. The zero-order chi connectivity index (χ0) is 10.1. The van der Waals surface area contributed by atoms with Crippen molar-refractivity contribution >= 4 is 16.7 Å². The molecule has 0 atom stereocenters. The predicted molar refractivity (Wildman–Crippen MR) is 57.8 cm³/mol. The van der Waals surface area contributed by atoms with Gasteiger partial charge in [0.15, 0.2) is 0 Å². The molecule has 0 aliphatic rings. The summed E-state index contributed by atoms with van der Waals surface area (Å²) in [5.41, 5.74) is 4.39. The Morgan fingerprint density at radius 2 is 1.86 bits per heavy atom. The Morgan fingerprint density at radius 1 is 1.14 bits per heavy atom. The maximum atomic E-state index is 4.13. The summed E-state index contributed by atoms with van der Waals surface area (Å²) in [6.45, 7) is 6.20. The number of allylic oxidation sites excluding steroid dienone is 2. The third-order valence-corrected chi connectivity index (χ3v) is 2.39. The highest BCUT2D eigenvalue weighted by molar-refractivity contribution is 5.77. The first-order valence-electron chi connectivity index (χ1n) is 4.65. The molecule has 1 aromatic heterocycles. The van der Waals surface area contributed by atoms with Crippen molar-refractivity contribution in [2.45, 2.75) is 20.8 Å². The SMILES string of the molecule is CC(C)=C(C)n1nnc2ccccc21. The van der Waals surface area contributed by atoms with Crippen LogP contribution in [-0.2, 0) is 0 Å². The van der Waals surface area contributed by atoms with Gasteiger partial charge in [0.05, 0.1) is 5.52 Å². The molecule has 0 amide bonds. The van der Waals surface area contributed by atoms with Gasteiger partial charge in [0, 0.05) is 5.70 Å². The molecule has 0 aliphatic carbocycles. The second kappa shape index (κ2) is 3.25. The Kier molecular flexibility index (Phi) is 2.08. The Labute approximate surface area is 83.0 Å². The van der Waals surface area contributed by atoms with Gasteiger partial charge in [-0.1, -0.05) is 22.9 Å². The summed E-state index contributed by atoms with van der Waals surface area (Å²) in [7, 11) is 0. The molecule has 0 radical (unpaired) electrons. The largest absolute Gasteiger partial charge is 0.217 e. The molecule has 72 valence electrons. The van der Waals surface area contributed by atoms with Crippen molar-refractivity contribution in [2.24, 2.45) is 0 Å². The van der Waals surface area contributed by atoms with E-state index in [1.807, 2.05) is 28.9 Å². The predicted octanol–water partition coefficient (Wildman–Crippen LogP) is 2.70. The zero-order valence-electron chi connectivity index (χ0n) is 8.65. The minimum atomic E-state index is 0.938. The summed E-state index contributed by atoms with van der Waals surface area (Å²) in [5, 5.41) is 8.23. The van der Waals surface area contributed by atoms with Crippen LogP contribution in [0.3, 0.4) is 0 Å². The van der Waals surface area contributed by atoms with E-state index in [9.17, 15) is 0 Å². The molecule has 14 heavy (non-hydrogen) atoms. The van der Waals surface area contributed by atoms with Crippen molar-refractivity contribution in [2.75, 3.05) is 0 Å². The highest BCUT2D eigenvalue weighted by Gasteiger charge is 2.04. The van der Waals surface area contributed by atoms with E-state index in [0.717, 1.165) is 16.7 Å². The van der Waals surface area contributed by atoms with Gasteiger partial charge in [-0.15, -0.1) is 5.10 Å². The fourth-order valence-electron chi connectivity index (χ4n) is 1.33. The zero-order valence-corrected chi connectivity index (χ0v) is 8.65. The Bertz CT molecular complexity index is 490. The van der Waals surface area contributed by atoms with Gasteiger partial charge < -0.3 is 0 Å². The summed E-state index contributed by atoms with van der Waals surface area (Å²) >= 11 is 0. The molecule has 0 unspecified atom stereocenters. The number of rotatable bonds is 1. The average Bonchev–Trinajstić information content (AvgIpc) is 2.60. The minimum Gasteiger partial charge on any atom is -0.217 e. The van der Waals surface area contributed by atoms with E-state index in [-0.39, 0.29) is 0 Å². The molecule has 0 saturated carbocycles. The molecule has 2 rings (SSSR count). The quantitative estimate of drug-likeness (QED) is 0.687. The molecular weight excluding hydrogens is 174 g/mol. The van der Waals surface area contributed by atoms with Crippen molar-refractivity contribution in [3.8, 4) is 0 Å². The topological polar surface area (TPSA) is 30.7 Å². The molecule has 1 heterocycles. The van der Waals surface area contributed by atoms with Crippen molar-refractivity contribution in [3.63, 3.8) is 0 Å². The molecule has 1 aromatic carbocycles. The van der Waals surface area contributed by atoms with Crippen LogP contribution < -0.4 is 0 Å². The molecule has 0 fully saturated rings. The van der Waals surface area contributed by atoms with E-state index < -0.39 is 0 Å². The van der Waals surface area contributed by atoms with Crippen LogP contribution in [0.4, 0.5) is 0 Å². The van der Waals surface area contributed by atoms with E-state index >= 15 is 0 Å². The molecule has 0 saturated heterocycles. The van der Waals surface area contributed by atoms with Crippen LogP contribution in [0.2, 0.25) is 0 Å². The van der Waals surface area contributed by atoms with Gasteiger partial charge in [0.1, 0.15) is 5.52 Å². The fourth-order valence-corrected chi connectivity index (χ4v) is 1.33. The number of hydrogen-bond acceptors (Lipinski definition) is 2. The van der Waals surface area contributed by atoms with Crippen LogP contribution in [0.5, 0.6) is 0 Å². The molecular formula is C11H13N3. The van der Waals surface area contributed by atoms with E-state index in [0.29, 0.717) is 0 Å². The summed E-state index contributed by atoms with van der Waals surface area (Å²) in [6, 6.07) is 7.97. The molecule has 0 N–H and O–H groups in total. The molecule has 0 spiro atoms. The van der Waals surface area contributed by atoms with E-state index in [1.165, 1.54) is 5.57 Å². The van der Waals surface area contributed by atoms with Crippen molar-refractivity contribution in [1.29, 1.82) is 0 Å². The number of aromatic nitrogens is 3. The first kappa shape index (κ1) is 8.94. The van der Waals surface area contributed by atoms with Gasteiger partial charge in [-0.25, -0.2) is 4.68 Å². The smallest absolute Gasteiger partial charge is 0.113 e. The first-order valence-corrected chi connectivity index (χ1v) is 4.65. The number of fused-ring (bicyclic) bond motifs is 1. The van der Waals surface area contributed by atoms with Crippen LogP contribution in [0, 0.1) is 0 Å². The number of nitrogens with zero attached hydrogens (tertiary/aromatic N) is 3. The Morgan fingerprint density at radius 3 is 2.57 bits per heavy atom. The van der Waals surface area contributed by atoms with E-state index in [1.54, 1.807) is 0 Å². The highest BCUT2D eigenvalue weighted by Crippen LogP contribution is 2.16. The van der Waals surface area contributed by atoms with Gasteiger partial charge >= 0.3 is 0 Å². The van der Waals surface area contributed by atoms with Crippen LogP contribution in [0.25, 0.3) is 16.7 Å². The molecule has 0 bridgehead atoms. The van der Waals surface area contributed by atoms with Crippen molar-refractivity contribution in [1.82, 2.24) is 15.0 Å². The second-order valence-corrected chi connectivity index (χ2v) is 3.58. The lowest BCUT2D eigenvalue weighted by Gasteiger charge is -2.03. The molecule has 3 nitrogen and oxygen atoms in total. The van der Waals surface area contributed by atoms with E-state index in [4.69, 9.17) is 0 Å². The second-order valence-electron chi connectivity index (χ2n) is 3.58. The number of benzene rings is 1. The third-order valence-electron chi connectivity index (χ3n) is 2.39. The average molecular weight is 187 g/mol. The normalized spacial score (nSPS) is 10.5. The van der Waals surface area contributed by atoms with Crippen LogP contribution >= 0.6 is 0 Å². The lowest BCUT2D eigenvalue weighted by Crippen LogP contribution is -1.97. The Balaban J connectivity index is 2.71. The van der Waals surface area contributed by atoms with Gasteiger partial charge in [0.25, 0.3) is 0 Å². The van der Waals surface area contributed by atoms with Crippen LogP contribution in [-0.4, -0.2) is 15.0 Å². The number of para-hydroxylation sites is 1. The van der Waals surface area contributed by atoms with Gasteiger partial charge in [-0.3, -0.25) is 0 Å². The van der Waals surface area contributed by atoms with Crippen molar-refractivity contribution < 1.29 is 0 Å². The molecule has 2 aromatic rings. The van der Waals surface area contributed by atoms with Gasteiger partial charge in [-0.05, 0) is 32.9 Å². The van der Waals surface area contributed by atoms with Gasteiger partial charge in [-0.2, -0.15) is 0 Å². The van der Waals surface area contributed by atoms with Crippen molar-refractivity contribution in [3.05, 3.63) is 29.8 Å². The highest BCUT2D eigenvalue weighted by atomic mass is 15.4. The lowest BCUT2D eigenvalue weighted by atomic mass is 10.2. The van der Waals surface area contributed by atoms with E-state index in [2.05, 4.69) is 31.1 Å². The maximum Gasteiger partial charge on any atom is 0.113 e. The van der Waals surface area contributed by atoms with Gasteiger partial charge in [0.2, 0.25) is 0 Å². The number of hydrogen-bond donors (Lipinski definition) is 0. The summed E-state index contributed by atoms with van der Waals surface area (Å²) in [4.78, 5) is 0. The first-order chi connectivity index (χ1) is 6.70. The Hall–Kier alpha value is -1.64. The molecule has 0 aliphatic heterocycles. The maximum absolute atomic E-state index is 4.13. The van der Waals surface area contributed by atoms with Crippen LogP contribution in [0.1, 0.15) is 20.8 Å². The minimum absolute atomic E-state index is 0.938.